The summed E-state index contributed by atoms with van der Waals surface area (Å²) in [6.45, 7) is 2.48. The van der Waals surface area contributed by atoms with Gasteiger partial charge >= 0.3 is 5.97 Å². The van der Waals surface area contributed by atoms with Crippen LogP contribution in [0.3, 0.4) is 0 Å². The maximum Gasteiger partial charge on any atom is 0.303 e. The van der Waals surface area contributed by atoms with Crippen molar-refractivity contribution in [3.8, 4) is 11.4 Å². The van der Waals surface area contributed by atoms with Crippen LogP contribution in [0, 0.1) is 12.7 Å². The topological polar surface area (TPSA) is 101 Å². The first kappa shape index (κ1) is 15.7. The van der Waals surface area contributed by atoms with Gasteiger partial charge in [-0.2, -0.15) is 4.63 Å². The van der Waals surface area contributed by atoms with Gasteiger partial charge in [-0.3, -0.25) is 14.7 Å². The molecule has 2 N–H and O–H groups in total. The Morgan fingerprint density at radius 3 is 2.67 bits per heavy atom. The summed E-state index contributed by atoms with van der Waals surface area (Å²) < 4.78 is 19.7. The quantitative estimate of drug-likeness (QED) is 0.708. The number of benzene rings is 1. The van der Waals surface area contributed by atoms with Crippen LogP contribution in [0.1, 0.15) is 12.6 Å². The molecule has 3 aromatic rings. The Kier molecular flexibility index (Phi) is 3.98. The van der Waals surface area contributed by atoms with Gasteiger partial charge in [0.25, 0.3) is 5.91 Å². The Balaban J connectivity index is 1.73. The minimum atomic E-state index is -0.524. The van der Waals surface area contributed by atoms with E-state index in [4.69, 9.17) is 0 Å². The summed E-state index contributed by atoms with van der Waals surface area (Å²) >= 11 is 0. The summed E-state index contributed by atoms with van der Waals surface area (Å²) in [6.07, 6.45) is 0. The molecule has 0 spiro atoms. The van der Waals surface area contributed by atoms with Crippen molar-refractivity contribution >= 4 is 23.2 Å². The molecule has 8 nitrogen and oxygen atoms in total. The summed E-state index contributed by atoms with van der Waals surface area (Å²) in [6, 6.07) is 6.69. The SMILES string of the molecule is CC(=O)OCC(=O)Nc1ccc(-c2nc3c(F)c(C)[nH]n3n2)cc1. The van der Waals surface area contributed by atoms with Crippen molar-refractivity contribution < 1.29 is 18.7 Å². The van der Waals surface area contributed by atoms with Gasteiger partial charge in [-0.15, -0.1) is 5.10 Å². The van der Waals surface area contributed by atoms with Crippen molar-refractivity contribution in [2.24, 2.45) is 0 Å². The number of nitrogens with one attached hydrogen (secondary N) is 2. The molecule has 0 fully saturated rings. The van der Waals surface area contributed by atoms with Gasteiger partial charge in [0.2, 0.25) is 5.65 Å². The lowest BCUT2D eigenvalue weighted by Gasteiger charge is -2.05. The number of aryl methyl sites for hydroxylation is 1. The van der Waals surface area contributed by atoms with Gasteiger partial charge in [-0.25, -0.2) is 9.37 Å². The van der Waals surface area contributed by atoms with Gasteiger partial charge in [-0.1, -0.05) is 0 Å². The zero-order valence-corrected chi connectivity index (χ0v) is 13.0. The van der Waals surface area contributed by atoms with E-state index in [1.807, 2.05) is 0 Å². The predicted octanol–water partition coefficient (Wildman–Crippen LogP) is 1.67. The van der Waals surface area contributed by atoms with Crippen LogP contribution >= 0.6 is 0 Å². The number of H-pyrrole nitrogens is 1. The smallest absolute Gasteiger partial charge is 0.303 e. The molecule has 0 radical (unpaired) electrons. The molecule has 3 rings (SSSR count). The number of aromatic nitrogens is 4. The van der Waals surface area contributed by atoms with E-state index in [1.165, 1.54) is 11.6 Å². The van der Waals surface area contributed by atoms with Crippen molar-refractivity contribution in [2.75, 3.05) is 11.9 Å². The standard InChI is InChI=1S/C15H14FN5O3/c1-8-13(16)15-18-14(20-21(15)19-8)10-3-5-11(6-4-10)17-12(23)7-24-9(2)22/h3-6,19H,7H2,1-2H3,(H,17,23). The molecule has 1 aromatic carbocycles. The molecular weight excluding hydrogens is 317 g/mol. The zero-order valence-electron chi connectivity index (χ0n) is 13.0. The number of ether oxygens (including phenoxy) is 1. The second-order valence-electron chi connectivity index (χ2n) is 5.13. The average Bonchev–Trinajstić information content (AvgIpc) is 3.06. The van der Waals surface area contributed by atoms with E-state index >= 15 is 0 Å². The van der Waals surface area contributed by atoms with Crippen molar-refractivity contribution in [2.45, 2.75) is 13.8 Å². The zero-order chi connectivity index (χ0) is 17.3. The highest BCUT2D eigenvalue weighted by Gasteiger charge is 2.14. The van der Waals surface area contributed by atoms with Crippen LogP contribution in [-0.2, 0) is 14.3 Å². The van der Waals surface area contributed by atoms with Gasteiger partial charge in [0.05, 0.1) is 5.69 Å². The van der Waals surface area contributed by atoms with E-state index in [-0.39, 0.29) is 12.3 Å². The molecule has 1 amide bonds. The molecule has 0 unspecified atom stereocenters. The fourth-order valence-electron chi connectivity index (χ4n) is 2.10. The molecule has 124 valence electrons. The lowest BCUT2D eigenvalue weighted by Crippen LogP contribution is -2.19. The number of aromatic amines is 1. The second kappa shape index (κ2) is 6.11. The van der Waals surface area contributed by atoms with E-state index < -0.39 is 17.7 Å². The number of hydrogen-bond donors (Lipinski definition) is 2. The summed E-state index contributed by atoms with van der Waals surface area (Å²) in [5, 5.41) is 9.50. The number of halogens is 1. The number of rotatable bonds is 4. The Morgan fingerprint density at radius 1 is 1.33 bits per heavy atom. The largest absolute Gasteiger partial charge is 0.456 e. The monoisotopic (exact) mass is 331 g/mol. The van der Waals surface area contributed by atoms with E-state index in [2.05, 4.69) is 25.2 Å². The number of anilines is 1. The third-order valence-corrected chi connectivity index (χ3v) is 3.24. The van der Waals surface area contributed by atoms with Crippen molar-refractivity contribution in [3.63, 3.8) is 0 Å². The molecule has 0 atom stereocenters. The van der Waals surface area contributed by atoms with Crippen molar-refractivity contribution in [1.29, 1.82) is 0 Å². The first-order valence-electron chi connectivity index (χ1n) is 7.08. The van der Waals surface area contributed by atoms with Crippen LogP contribution in [0.2, 0.25) is 0 Å². The van der Waals surface area contributed by atoms with Crippen LogP contribution in [0.15, 0.2) is 24.3 Å². The number of esters is 1. The number of nitrogens with zero attached hydrogens (tertiary/aromatic N) is 3. The predicted molar refractivity (Wildman–Crippen MR) is 82.7 cm³/mol. The third-order valence-electron chi connectivity index (χ3n) is 3.24. The highest BCUT2D eigenvalue weighted by molar-refractivity contribution is 5.92. The van der Waals surface area contributed by atoms with Gasteiger partial charge in [-0.05, 0) is 31.2 Å². The molecule has 9 heteroatoms. The third kappa shape index (κ3) is 3.09. The Hall–Kier alpha value is -3.23. The molecule has 0 aliphatic carbocycles. The fraction of sp³-hybridized carbons (Fsp3) is 0.200. The second-order valence-corrected chi connectivity index (χ2v) is 5.13. The normalized spacial score (nSPS) is 10.8. The molecule has 0 bridgehead atoms. The number of amides is 1. The molecule has 2 aromatic heterocycles. The van der Waals surface area contributed by atoms with Crippen LogP contribution < -0.4 is 5.32 Å². The van der Waals surface area contributed by atoms with E-state index in [0.717, 1.165) is 0 Å². The van der Waals surface area contributed by atoms with Crippen LogP contribution in [0.4, 0.5) is 10.1 Å². The molecule has 0 saturated heterocycles. The average molecular weight is 331 g/mol. The minimum Gasteiger partial charge on any atom is -0.456 e. The maximum atomic E-state index is 13.8. The minimum absolute atomic E-state index is 0.126. The molecule has 2 heterocycles. The number of hydrogen-bond acceptors (Lipinski definition) is 5. The lowest BCUT2D eigenvalue weighted by molar-refractivity contribution is -0.144. The van der Waals surface area contributed by atoms with Crippen LogP contribution in [-0.4, -0.2) is 38.3 Å². The van der Waals surface area contributed by atoms with Crippen LogP contribution in [0.25, 0.3) is 17.0 Å². The van der Waals surface area contributed by atoms with E-state index in [0.29, 0.717) is 22.8 Å². The Labute approximate surface area is 135 Å². The fourth-order valence-corrected chi connectivity index (χ4v) is 2.10. The highest BCUT2D eigenvalue weighted by Crippen LogP contribution is 2.20. The van der Waals surface area contributed by atoms with E-state index in [1.54, 1.807) is 31.2 Å². The summed E-state index contributed by atoms with van der Waals surface area (Å²) in [5.41, 5.74) is 1.69. The highest BCUT2D eigenvalue weighted by atomic mass is 19.1. The number of carbonyl (C=O) groups is 2. The van der Waals surface area contributed by atoms with Crippen molar-refractivity contribution in [1.82, 2.24) is 19.8 Å². The molecule has 0 aliphatic rings. The summed E-state index contributed by atoms with van der Waals surface area (Å²) in [4.78, 5) is 26.4. The first-order chi connectivity index (χ1) is 11.4. The van der Waals surface area contributed by atoms with Crippen molar-refractivity contribution in [3.05, 3.63) is 35.8 Å². The van der Waals surface area contributed by atoms with E-state index in [9.17, 15) is 14.0 Å². The molecular formula is C15H14FN5O3. The molecule has 0 aliphatic heterocycles. The summed E-state index contributed by atoms with van der Waals surface area (Å²) in [5.74, 6) is -1.05. The lowest BCUT2D eigenvalue weighted by atomic mass is 10.2. The summed E-state index contributed by atoms with van der Waals surface area (Å²) in [7, 11) is 0. The van der Waals surface area contributed by atoms with Crippen LogP contribution in [0.5, 0.6) is 0 Å². The van der Waals surface area contributed by atoms with Gasteiger partial charge in [0, 0.05) is 18.2 Å². The van der Waals surface area contributed by atoms with Gasteiger partial charge in [0.15, 0.2) is 18.2 Å². The Morgan fingerprint density at radius 2 is 2.04 bits per heavy atom. The molecule has 0 saturated carbocycles. The Bertz CT molecular complexity index is 913. The van der Waals surface area contributed by atoms with Gasteiger partial charge in [0.1, 0.15) is 0 Å². The number of fused-ring (bicyclic) bond motifs is 1. The number of carbonyl (C=O) groups excluding carboxylic acids is 2. The maximum absolute atomic E-state index is 13.8. The first-order valence-corrected chi connectivity index (χ1v) is 7.08. The van der Waals surface area contributed by atoms with Gasteiger partial charge < -0.3 is 10.1 Å². The molecule has 24 heavy (non-hydrogen) atoms.